The van der Waals surface area contributed by atoms with Gasteiger partial charge in [-0.25, -0.2) is 0 Å². The van der Waals surface area contributed by atoms with Crippen LogP contribution in [0, 0.1) is 0 Å². The van der Waals surface area contributed by atoms with Crippen LogP contribution in [-0.4, -0.2) is 7.11 Å². The van der Waals surface area contributed by atoms with Gasteiger partial charge in [0.1, 0.15) is 5.75 Å². The summed E-state index contributed by atoms with van der Waals surface area (Å²) in [4.78, 5) is 0. The Hall–Kier alpha value is -1.54. The van der Waals surface area contributed by atoms with Crippen LogP contribution in [0.4, 0.5) is 0 Å². The SMILES string of the molecule is COc1ccccc1/C=C\c1ccccc1Br. The molecule has 17 heavy (non-hydrogen) atoms. The summed E-state index contributed by atoms with van der Waals surface area (Å²) in [5.74, 6) is 0.885. The van der Waals surface area contributed by atoms with E-state index >= 15 is 0 Å². The molecule has 0 aliphatic carbocycles. The lowest BCUT2D eigenvalue weighted by atomic mass is 10.1. The third kappa shape index (κ3) is 2.98. The van der Waals surface area contributed by atoms with Crippen LogP contribution >= 0.6 is 15.9 Å². The predicted octanol–water partition coefficient (Wildman–Crippen LogP) is 4.63. The second-order valence-corrected chi connectivity index (χ2v) is 4.45. The average Bonchev–Trinajstić information content (AvgIpc) is 2.38. The minimum absolute atomic E-state index is 0.885. The molecule has 0 heterocycles. The topological polar surface area (TPSA) is 9.23 Å². The van der Waals surface area contributed by atoms with E-state index in [9.17, 15) is 0 Å². The quantitative estimate of drug-likeness (QED) is 0.749. The average molecular weight is 289 g/mol. The molecule has 0 bridgehead atoms. The molecule has 0 radical (unpaired) electrons. The van der Waals surface area contributed by atoms with Gasteiger partial charge >= 0.3 is 0 Å². The highest BCUT2D eigenvalue weighted by atomic mass is 79.9. The van der Waals surface area contributed by atoms with E-state index in [1.54, 1.807) is 7.11 Å². The third-order valence-corrected chi connectivity index (χ3v) is 3.21. The standard InChI is InChI=1S/C15H13BrO/c1-17-15-9-5-3-7-13(15)11-10-12-6-2-4-8-14(12)16/h2-11H,1H3/b11-10-. The lowest BCUT2D eigenvalue weighted by Gasteiger charge is -2.03. The Morgan fingerprint density at radius 1 is 0.882 bits per heavy atom. The summed E-state index contributed by atoms with van der Waals surface area (Å²) in [6.07, 6.45) is 4.13. The molecule has 2 heteroatoms. The molecule has 0 saturated carbocycles. The van der Waals surface area contributed by atoms with Gasteiger partial charge in [0, 0.05) is 10.0 Å². The number of methoxy groups -OCH3 is 1. The highest BCUT2D eigenvalue weighted by Gasteiger charge is 1.97. The van der Waals surface area contributed by atoms with Crippen molar-refractivity contribution in [2.24, 2.45) is 0 Å². The Morgan fingerprint density at radius 3 is 2.18 bits per heavy atom. The second-order valence-electron chi connectivity index (χ2n) is 3.60. The molecule has 2 aromatic rings. The molecule has 0 N–H and O–H groups in total. The molecule has 86 valence electrons. The van der Waals surface area contributed by atoms with E-state index in [2.05, 4.69) is 34.1 Å². The van der Waals surface area contributed by atoms with Gasteiger partial charge < -0.3 is 4.74 Å². The first-order valence-corrected chi connectivity index (χ1v) is 6.16. The maximum absolute atomic E-state index is 5.30. The fraction of sp³-hybridized carbons (Fsp3) is 0.0667. The highest BCUT2D eigenvalue weighted by Crippen LogP contribution is 2.22. The summed E-state index contributed by atoms with van der Waals surface area (Å²) in [6.45, 7) is 0. The Kier molecular flexibility index (Phi) is 3.99. The van der Waals surface area contributed by atoms with Crippen LogP contribution in [0.5, 0.6) is 5.75 Å². The first kappa shape index (κ1) is 11.9. The molecule has 2 rings (SSSR count). The lowest BCUT2D eigenvalue weighted by molar-refractivity contribution is 0.414. The fourth-order valence-corrected chi connectivity index (χ4v) is 2.01. The molecule has 1 nitrogen and oxygen atoms in total. The van der Waals surface area contributed by atoms with Crippen molar-refractivity contribution in [3.63, 3.8) is 0 Å². The van der Waals surface area contributed by atoms with Crippen molar-refractivity contribution in [1.29, 1.82) is 0 Å². The van der Waals surface area contributed by atoms with Crippen molar-refractivity contribution in [2.45, 2.75) is 0 Å². The number of hydrogen-bond donors (Lipinski definition) is 0. The zero-order valence-corrected chi connectivity index (χ0v) is 11.1. The molecular formula is C15H13BrO. The molecule has 0 aliphatic heterocycles. The van der Waals surface area contributed by atoms with Crippen molar-refractivity contribution in [3.05, 3.63) is 64.1 Å². The van der Waals surface area contributed by atoms with Gasteiger partial charge in [-0.15, -0.1) is 0 Å². The summed E-state index contributed by atoms with van der Waals surface area (Å²) in [7, 11) is 1.69. The highest BCUT2D eigenvalue weighted by molar-refractivity contribution is 9.10. The molecule has 2 aromatic carbocycles. The fourth-order valence-electron chi connectivity index (χ4n) is 1.59. The number of halogens is 1. The van der Waals surface area contributed by atoms with Crippen molar-refractivity contribution in [2.75, 3.05) is 7.11 Å². The van der Waals surface area contributed by atoms with Gasteiger partial charge in [0.25, 0.3) is 0 Å². The predicted molar refractivity (Wildman–Crippen MR) is 76.1 cm³/mol. The van der Waals surface area contributed by atoms with E-state index in [1.165, 1.54) is 0 Å². The molecule has 0 spiro atoms. The summed E-state index contributed by atoms with van der Waals surface area (Å²) in [6, 6.07) is 16.1. The molecular weight excluding hydrogens is 276 g/mol. The molecule has 0 atom stereocenters. The number of ether oxygens (including phenoxy) is 1. The van der Waals surface area contributed by atoms with Crippen LogP contribution in [0.15, 0.2) is 53.0 Å². The Morgan fingerprint density at radius 2 is 1.47 bits per heavy atom. The number of para-hydroxylation sites is 1. The van der Waals surface area contributed by atoms with Crippen LogP contribution < -0.4 is 4.74 Å². The zero-order valence-electron chi connectivity index (χ0n) is 9.56. The van der Waals surface area contributed by atoms with E-state index in [0.29, 0.717) is 0 Å². The largest absolute Gasteiger partial charge is 0.496 e. The van der Waals surface area contributed by atoms with E-state index in [1.807, 2.05) is 42.5 Å². The monoisotopic (exact) mass is 288 g/mol. The molecule has 0 unspecified atom stereocenters. The van der Waals surface area contributed by atoms with E-state index in [0.717, 1.165) is 21.3 Å². The Bertz CT molecular complexity index is 532. The van der Waals surface area contributed by atoms with Gasteiger partial charge in [-0.1, -0.05) is 64.5 Å². The summed E-state index contributed by atoms with van der Waals surface area (Å²) in [5.41, 5.74) is 2.23. The first-order chi connectivity index (χ1) is 8.31. The zero-order chi connectivity index (χ0) is 12.1. The maximum Gasteiger partial charge on any atom is 0.126 e. The summed E-state index contributed by atoms with van der Waals surface area (Å²) >= 11 is 3.52. The summed E-state index contributed by atoms with van der Waals surface area (Å²) in [5, 5.41) is 0. The summed E-state index contributed by atoms with van der Waals surface area (Å²) < 4.78 is 6.39. The second kappa shape index (κ2) is 5.69. The lowest BCUT2D eigenvalue weighted by Crippen LogP contribution is -1.85. The molecule has 0 amide bonds. The molecule has 0 fully saturated rings. The minimum atomic E-state index is 0.885. The third-order valence-electron chi connectivity index (χ3n) is 2.49. The van der Waals surface area contributed by atoms with Gasteiger partial charge in [0.05, 0.1) is 7.11 Å². The number of benzene rings is 2. The smallest absolute Gasteiger partial charge is 0.126 e. The van der Waals surface area contributed by atoms with Crippen LogP contribution in [0.25, 0.3) is 12.2 Å². The normalized spacial score (nSPS) is 10.7. The minimum Gasteiger partial charge on any atom is -0.496 e. The Balaban J connectivity index is 2.29. The Labute approximate surface area is 110 Å². The molecule has 0 aromatic heterocycles. The van der Waals surface area contributed by atoms with E-state index < -0.39 is 0 Å². The first-order valence-electron chi connectivity index (χ1n) is 5.37. The van der Waals surface area contributed by atoms with Crippen LogP contribution in [0.2, 0.25) is 0 Å². The van der Waals surface area contributed by atoms with Crippen molar-refractivity contribution >= 4 is 28.1 Å². The molecule has 0 aliphatic rings. The van der Waals surface area contributed by atoms with Crippen LogP contribution in [0.3, 0.4) is 0 Å². The van der Waals surface area contributed by atoms with Crippen LogP contribution in [-0.2, 0) is 0 Å². The maximum atomic E-state index is 5.30. The van der Waals surface area contributed by atoms with Crippen LogP contribution in [0.1, 0.15) is 11.1 Å². The van der Waals surface area contributed by atoms with Crippen molar-refractivity contribution in [3.8, 4) is 5.75 Å². The number of rotatable bonds is 3. The van der Waals surface area contributed by atoms with Gasteiger partial charge in [0.2, 0.25) is 0 Å². The van der Waals surface area contributed by atoms with Gasteiger partial charge in [-0.3, -0.25) is 0 Å². The van der Waals surface area contributed by atoms with Gasteiger partial charge in [-0.05, 0) is 17.7 Å². The van der Waals surface area contributed by atoms with E-state index in [-0.39, 0.29) is 0 Å². The van der Waals surface area contributed by atoms with Gasteiger partial charge in [0.15, 0.2) is 0 Å². The van der Waals surface area contributed by atoms with E-state index in [4.69, 9.17) is 4.74 Å². The number of hydrogen-bond acceptors (Lipinski definition) is 1. The van der Waals surface area contributed by atoms with Crippen molar-refractivity contribution < 1.29 is 4.74 Å². The van der Waals surface area contributed by atoms with Gasteiger partial charge in [-0.2, -0.15) is 0 Å². The molecule has 0 saturated heterocycles. The van der Waals surface area contributed by atoms with Crippen molar-refractivity contribution in [1.82, 2.24) is 0 Å².